The molecule has 3 aromatic rings. The highest BCUT2D eigenvalue weighted by Crippen LogP contribution is 2.21. The average Bonchev–Trinajstić information content (AvgIpc) is 3.22. The number of hydrogen-bond donors (Lipinski definition) is 1. The first-order valence-electron chi connectivity index (χ1n) is 9.18. The van der Waals surface area contributed by atoms with Crippen LogP contribution in [0.4, 0.5) is 0 Å². The van der Waals surface area contributed by atoms with Gasteiger partial charge >= 0.3 is 0 Å². The van der Waals surface area contributed by atoms with Gasteiger partial charge in [0.2, 0.25) is 5.71 Å². The number of hydrogen-bond acceptors (Lipinski definition) is 5. The van der Waals surface area contributed by atoms with Gasteiger partial charge in [0.15, 0.2) is 0 Å². The van der Waals surface area contributed by atoms with Gasteiger partial charge in [-0.05, 0) is 38.3 Å². The molecule has 3 heterocycles. The number of amides is 1. The van der Waals surface area contributed by atoms with E-state index in [0.717, 1.165) is 18.6 Å². The van der Waals surface area contributed by atoms with Gasteiger partial charge in [-0.15, -0.1) is 0 Å². The Morgan fingerprint density at radius 3 is 2.78 bits per heavy atom. The summed E-state index contributed by atoms with van der Waals surface area (Å²) < 4.78 is 12.4. The summed E-state index contributed by atoms with van der Waals surface area (Å²) in [6.45, 7) is 8.17. The van der Waals surface area contributed by atoms with Gasteiger partial charge in [-0.25, -0.2) is 4.98 Å². The zero-order valence-corrected chi connectivity index (χ0v) is 16.1. The Labute approximate surface area is 157 Å². The van der Waals surface area contributed by atoms with Crippen molar-refractivity contribution in [2.45, 2.75) is 53.1 Å². The molecule has 0 aliphatic rings. The van der Waals surface area contributed by atoms with Gasteiger partial charge in [0.05, 0.1) is 11.8 Å². The highest BCUT2D eigenvalue weighted by atomic mass is 16.3. The quantitative estimate of drug-likeness (QED) is 0.688. The predicted octanol–water partition coefficient (Wildman–Crippen LogP) is 3.30. The molecule has 7 heteroatoms. The number of carbonyl (C=O) groups excluding carboxylic acids is 1. The van der Waals surface area contributed by atoms with E-state index in [1.54, 1.807) is 13.2 Å². The van der Waals surface area contributed by atoms with E-state index in [9.17, 15) is 9.59 Å². The third kappa shape index (κ3) is 4.13. The van der Waals surface area contributed by atoms with Gasteiger partial charge in [-0.1, -0.05) is 13.8 Å². The van der Waals surface area contributed by atoms with Gasteiger partial charge in [0.25, 0.3) is 11.5 Å². The Balaban J connectivity index is 1.83. The summed E-state index contributed by atoms with van der Waals surface area (Å²) in [5.74, 6) is 1.24. The van der Waals surface area contributed by atoms with Crippen molar-refractivity contribution in [2.24, 2.45) is 5.92 Å². The monoisotopic (exact) mass is 371 g/mol. The van der Waals surface area contributed by atoms with Gasteiger partial charge in [-0.3, -0.25) is 14.2 Å². The standard InChI is InChI=1S/C20H25N3O4/c1-12(2)10-23-11-21-19-17(20(23)25)16(14(4)27-19)18(24)22-13(3)7-8-15-6-5-9-26-15/h5-6,9,11-13H,7-8,10H2,1-4H3,(H,22,24)/t13-/m0/s1. The summed E-state index contributed by atoms with van der Waals surface area (Å²) in [7, 11) is 0. The number of aryl methyl sites for hydroxylation is 2. The molecular formula is C20H25N3O4. The van der Waals surface area contributed by atoms with Crippen LogP contribution in [0.2, 0.25) is 0 Å². The van der Waals surface area contributed by atoms with E-state index >= 15 is 0 Å². The van der Waals surface area contributed by atoms with Crippen molar-refractivity contribution in [1.29, 1.82) is 0 Å². The predicted molar refractivity (Wildman–Crippen MR) is 102 cm³/mol. The Bertz CT molecular complexity index is 983. The van der Waals surface area contributed by atoms with Crippen LogP contribution in [0.3, 0.4) is 0 Å². The number of fused-ring (bicyclic) bond motifs is 1. The van der Waals surface area contributed by atoms with Crippen LogP contribution in [-0.4, -0.2) is 21.5 Å². The number of nitrogens with one attached hydrogen (secondary N) is 1. The van der Waals surface area contributed by atoms with Gasteiger partial charge in [0.1, 0.15) is 23.2 Å². The molecule has 0 saturated heterocycles. The SMILES string of the molecule is Cc1oc2ncn(CC(C)C)c(=O)c2c1C(=O)N[C@@H](C)CCc1ccco1. The molecule has 0 aliphatic carbocycles. The fraction of sp³-hybridized carbons (Fsp3) is 0.450. The molecule has 0 saturated carbocycles. The maximum Gasteiger partial charge on any atom is 0.265 e. The van der Waals surface area contributed by atoms with Gasteiger partial charge in [0, 0.05) is 19.0 Å². The largest absolute Gasteiger partial charge is 0.469 e. The lowest BCUT2D eigenvalue weighted by Gasteiger charge is -2.13. The summed E-state index contributed by atoms with van der Waals surface area (Å²) in [6.07, 6.45) is 4.56. The third-order valence-corrected chi connectivity index (χ3v) is 4.43. The van der Waals surface area contributed by atoms with Crippen LogP contribution in [0.5, 0.6) is 0 Å². The highest BCUT2D eigenvalue weighted by molar-refractivity contribution is 6.06. The van der Waals surface area contributed by atoms with Crippen LogP contribution in [0, 0.1) is 12.8 Å². The Morgan fingerprint density at radius 1 is 1.33 bits per heavy atom. The van der Waals surface area contributed by atoms with Crippen LogP contribution in [-0.2, 0) is 13.0 Å². The second-order valence-electron chi connectivity index (χ2n) is 7.30. The fourth-order valence-electron chi connectivity index (χ4n) is 3.12. The molecule has 0 spiro atoms. The second kappa shape index (κ2) is 7.82. The van der Waals surface area contributed by atoms with E-state index < -0.39 is 0 Å². The van der Waals surface area contributed by atoms with Crippen molar-refractivity contribution in [3.63, 3.8) is 0 Å². The van der Waals surface area contributed by atoms with Crippen LogP contribution < -0.4 is 10.9 Å². The molecule has 3 aromatic heterocycles. The fourth-order valence-corrected chi connectivity index (χ4v) is 3.12. The van der Waals surface area contributed by atoms with Crippen LogP contribution in [0.15, 0.2) is 38.4 Å². The first-order chi connectivity index (χ1) is 12.9. The minimum atomic E-state index is -0.320. The van der Waals surface area contributed by atoms with Gasteiger partial charge in [-0.2, -0.15) is 0 Å². The molecule has 0 aliphatic heterocycles. The lowest BCUT2D eigenvalue weighted by atomic mass is 10.1. The molecule has 0 unspecified atom stereocenters. The maximum absolute atomic E-state index is 12.8. The molecule has 1 atom stereocenters. The molecule has 0 bridgehead atoms. The van der Waals surface area contributed by atoms with E-state index in [1.165, 1.54) is 10.9 Å². The molecule has 7 nitrogen and oxygen atoms in total. The molecule has 27 heavy (non-hydrogen) atoms. The van der Waals surface area contributed by atoms with E-state index in [1.807, 2.05) is 32.9 Å². The van der Waals surface area contributed by atoms with Crippen LogP contribution in [0.1, 0.15) is 49.1 Å². The minimum Gasteiger partial charge on any atom is -0.469 e. The summed E-state index contributed by atoms with van der Waals surface area (Å²) in [6, 6.07) is 3.67. The van der Waals surface area contributed by atoms with Crippen molar-refractivity contribution >= 4 is 17.0 Å². The normalized spacial score (nSPS) is 12.6. The Hall–Kier alpha value is -2.83. The van der Waals surface area contributed by atoms with E-state index in [4.69, 9.17) is 8.83 Å². The lowest BCUT2D eigenvalue weighted by molar-refractivity contribution is 0.0938. The number of furan rings is 2. The topological polar surface area (TPSA) is 90.3 Å². The van der Waals surface area contributed by atoms with Gasteiger partial charge < -0.3 is 14.2 Å². The minimum absolute atomic E-state index is 0.0819. The molecule has 1 amide bonds. The molecule has 0 aromatic carbocycles. The third-order valence-electron chi connectivity index (χ3n) is 4.43. The first-order valence-corrected chi connectivity index (χ1v) is 9.18. The van der Waals surface area contributed by atoms with Crippen LogP contribution >= 0.6 is 0 Å². The molecule has 3 rings (SSSR count). The number of nitrogens with zero attached hydrogens (tertiary/aromatic N) is 2. The second-order valence-corrected chi connectivity index (χ2v) is 7.30. The average molecular weight is 371 g/mol. The summed E-state index contributed by atoms with van der Waals surface area (Å²) in [5, 5.41) is 3.19. The zero-order chi connectivity index (χ0) is 19.6. The molecule has 144 valence electrons. The smallest absolute Gasteiger partial charge is 0.265 e. The summed E-state index contributed by atoms with van der Waals surface area (Å²) >= 11 is 0. The zero-order valence-electron chi connectivity index (χ0n) is 16.1. The molecular weight excluding hydrogens is 346 g/mol. The van der Waals surface area contributed by atoms with Crippen molar-refractivity contribution in [3.05, 3.63) is 52.2 Å². The number of rotatable bonds is 7. The Morgan fingerprint density at radius 2 is 2.11 bits per heavy atom. The highest BCUT2D eigenvalue weighted by Gasteiger charge is 2.24. The van der Waals surface area contributed by atoms with E-state index in [2.05, 4.69) is 10.3 Å². The first kappa shape index (κ1) is 18.9. The molecule has 0 fully saturated rings. The molecule has 1 N–H and O–H groups in total. The maximum atomic E-state index is 12.8. The van der Waals surface area contributed by atoms with E-state index in [-0.39, 0.29) is 40.1 Å². The number of aromatic nitrogens is 2. The number of carbonyl (C=O) groups is 1. The summed E-state index contributed by atoms with van der Waals surface area (Å²) in [5.41, 5.74) is 0.218. The molecule has 0 radical (unpaired) electrons. The van der Waals surface area contributed by atoms with Crippen molar-refractivity contribution < 1.29 is 13.6 Å². The van der Waals surface area contributed by atoms with Crippen LogP contribution in [0.25, 0.3) is 11.1 Å². The van der Waals surface area contributed by atoms with Crippen molar-refractivity contribution in [2.75, 3.05) is 0 Å². The van der Waals surface area contributed by atoms with Crippen molar-refractivity contribution in [3.8, 4) is 0 Å². The lowest BCUT2D eigenvalue weighted by Crippen LogP contribution is -2.34. The summed E-state index contributed by atoms with van der Waals surface area (Å²) in [4.78, 5) is 29.9. The van der Waals surface area contributed by atoms with Crippen molar-refractivity contribution in [1.82, 2.24) is 14.9 Å². The Kier molecular flexibility index (Phi) is 5.48. The van der Waals surface area contributed by atoms with E-state index in [0.29, 0.717) is 12.3 Å².